The van der Waals surface area contributed by atoms with Crippen molar-refractivity contribution in [3.05, 3.63) is 0 Å². The molecule has 0 aromatic rings. The Hall–Kier alpha value is -0.120. The second-order valence-electron chi connectivity index (χ2n) is 5.99. The topological polar surface area (TPSA) is 24.5 Å². The summed E-state index contributed by atoms with van der Waals surface area (Å²) >= 11 is 0. The summed E-state index contributed by atoms with van der Waals surface area (Å²) in [6.07, 6.45) is 6.79. The highest BCUT2D eigenvalue weighted by Crippen LogP contribution is 2.28. The zero-order valence-corrected chi connectivity index (χ0v) is 11.7. The van der Waals surface area contributed by atoms with Crippen LogP contribution in [0.2, 0.25) is 0 Å². The Morgan fingerprint density at radius 2 is 2.24 bits per heavy atom. The lowest BCUT2D eigenvalue weighted by molar-refractivity contribution is 0.0927. The van der Waals surface area contributed by atoms with Gasteiger partial charge in [-0.3, -0.25) is 4.90 Å². The fraction of sp³-hybridized carbons (Fsp3) is 1.00. The van der Waals surface area contributed by atoms with Crippen LogP contribution in [0.3, 0.4) is 0 Å². The lowest BCUT2D eigenvalue weighted by atomic mass is 9.97. The molecule has 17 heavy (non-hydrogen) atoms. The Kier molecular flexibility index (Phi) is 4.45. The molecule has 2 aliphatic rings. The molecule has 0 aromatic heterocycles. The maximum absolute atomic E-state index is 5.50. The normalized spacial score (nSPS) is 40.4. The van der Waals surface area contributed by atoms with Gasteiger partial charge in [0.2, 0.25) is 0 Å². The quantitative estimate of drug-likeness (QED) is 0.817. The van der Waals surface area contributed by atoms with Crippen LogP contribution in [0.4, 0.5) is 0 Å². The van der Waals surface area contributed by atoms with E-state index in [1.807, 2.05) is 7.11 Å². The van der Waals surface area contributed by atoms with Gasteiger partial charge in [-0.05, 0) is 52.1 Å². The molecular formula is C14H28N2O. The zero-order valence-electron chi connectivity index (χ0n) is 11.7. The summed E-state index contributed by atoms with van der Waals surface area (Å²) in [6.45, 7) is 8.28. The van der Waals surface area contributed by atoms with Gasteiger partial charge in [0.15, 0.2) is 0 Å². The number of rotatable bonds is 3. The van der Waals surface area contributed by atoms with Gasteiger partial charge in [0.1, 0.15) is 0 Å². The summed E-state index contributed by atoms with van der Waals surface area (Å²) in [5.41, 5.74) is 0.307. The van der Waals surface area contributed by atoms with Gasteiger partial charge in [-0.1, -0.05) is 6.92 Å². The van der Waals surface area contributed by atoms with E-state index in [0.29, 0.717) is 11.6 Å². The Morgan fingerprint density at radius 1 is 1.41 bits per heavy atom. The molecule has 2 rings (SSSR count). The first-order valence-electron chi connectivity index (χ1n) is 7.19. The molecule has 1 saturated heterocycles. The maximum atomic E-state index is 5.50. The van der Waals surface area contributed by atoms with E-state index in [1.165, 1.54) is 51.7 Å². The first-order chi connectivity index (χ1) is 8.17. The van der Waals surface area contributed by atoms with Gasteiger partial charge in [0, 0.05) is 25.2 Å². The molecule has 0 radical (unpaired) electrons. The lowest BCUT2D eigenvalue weighted by Crippen LogP contribution is -2.50. The van der Waals surface area contributed by atoms with E-state index in [-0.39, 0.29) is 0 Å². The third kappa shape index (κ3) is 3.21. The molecule has 2 fully saturated rings. The number of hydrogen-bond acceptors (Lipinski definition) is 3. The van der Waals surface area contributed by atoms with E-state index < -0.39 is 0 Å². The van der Waals surface area contributed by atoms with Crippen LogP contribution >= 0.6 is 0 Å². The van der Waals surface area contributed by atoms with Crippen molar-refractivity contribution in [2.45, 2.75) is 63.6 Å². The van der Waals surface area contributed by atoms with Gasteiger partial charge in [-0.2, -0.15) is 0 Å². The molecule has 100 valence electrons. The molecule has 1 aliphatic heterocycles. The molecule has 1 heterocycles. The van der Waals surface area contributed by atoms with Crippen LogP contribution in [0.15, 0.2) is 0 Å². The van der Waals surface area contributed by atoms with E-state index in [0.717, 1.165) is 6.04 Å². The summed E-state index contributed by atoms with van der Waals surface area (Å²) in [5.74, 6) is 0. The second kappa shape index (κ2) is 5.68. The maximum Gasteiger partial charge on any atom is 0.0586 e. The van der Waals surface area contributed by atoms with Gasteiger partial charge in [0.05, 0.1) is 6.10 Å². The van der Waals surface area contributed by atoms with Crippen LogP contribution in [0.25, 0.3) is 0 Å². The predicted molar refractivity (Wildman–Crippen MR) is 71.3 cm³/mol. The number of hydrogen-bond donors (Lipinski definition) is 1. The van der Waals surface area contributed by atoms with Crippen LogP contribution in [0, 0.1) is 0 Å². The summed E-state index contributed by atoms with van der Waals surface area (Å²) in [6, 6.07) is 0.755. The van der Waals surface area contributed by atoms with Gasteiger partial charge >= 0.3 is 0 Å². The fourth-order valence-corrected chi connectivity index (χ4v) is 3.27. The molecule has 1 aliphatic carbocycles. The van der Waals surface area contributed by atoms with E-state index in [1.54, 1.807) is 0 Å². The number of ether oxygens (including phenoxy) is 1. The molecule has 0 spiro atoms. The highest BCUT2D eigenvalue weighted by atomic mass is 16.5. The highest BCUT2D eigenvalue weighted by molar-refractivity contribution is 4.92. The molecule has 3 nitrogen and oxygen atoms in total. The Balaban J connectivity index is 1.95. The standard InChI is InChI=1S/C14H28N2O/c1-4-14(2)11-16(9-5-8-15-14)12-6-7-13(10-12)17-3/h12-13,15H,4-11H2,1-3H3. The van der Waals surface area contributed by atoms with Crippen LogP contribution in [0.5, 0.6) is 0 Å². The van der Waals surface area contributed by atoms with Gasteiger partial charge in [-0.25, -0.2) is 0 Å². The van der Waals surface area contributed by atoms with Gasteiger partial charge < -0.3 is 10.1 Å². The first kappa shape index (κ1) is 13.3. The van der Waals surface area contributed by atoms with Crippen LogP contribution in [-0.4, -0.2) is 49.3 Å². The van der Waals surface area contributed by atoms with E-state index in [9.17, 15) is 0 Å². The van der Waals surface area contributed by atoms with Crippen molar-refractivity contribution in [3.8, 4) is 0 Å². The summed E-state index contributed by atoms with van der Waals surface area (Å²) in [5, 5.41) is 3.71. The predicted octanol–water partition coefficient (Wildman–Crippen LogP) is 2.02. The molecular weight excluding hydrogens is 212 g/mol. The van der Waals surface area contributed by atoms with Crippen LogP contribution in [0.1, 0.15) is 46.0 Å². The smallest absolute Gasteiger partial charge is 0.0586 e. The average molecular weight is 240 g/mol. The second-order valence-corrected chi connectivity index (χ2v) is 5.99. The molecule has 0 bridgehead atoms. The summed E-state index contributed by atoms with van der Waals surface area (Å²) in [4.78, 5) is 2.71. The van der Waals surface area contributed by atoms with Crippen molar-refractivity contribution in [1.82, 2.24) is 10.2 Å². The summed E-state index contributed by atoms with van der Waals surface area (Å²) < 4.78 is 5.50. The molecule has 1 saturated carbocycles. The Labute approximate surface area is 106 Å². The van der Waals surface area contributed by atoms with Crippen LogP contribution < -0.4 is 5.32 Å². The van der Waals surface area contributed by atoms with Gasteiger partial charge in [0.25, 0.3) is 0 Å². The molecule has 1 N–H and O–H groups in total. The van der Waals surface area contributed by atoms with E-state index >= 15 is 0 Å². The van der Waals surface area contributed by atoms with Crippen molar-refractivity contribution < 1.29 is 4.74 Å². The lowest BCUT2D eigenvalue weighted by Gasteiger charge is -2.36. The molecule has 3 atom stereocenters. The van der Waals surface area contributed by atoms with Crippen molar-refractivity contribution in [1.29, 1.82) is 0 Å². The molecule has 3 heteroatoms. The molecule has 0 amide bonds. The zero-order chi connectivity index (χ0) is 12.3. The van der Waals surface area contributed by atoms with E-state index in [4.69, 9.17) is 4.74 Å². The Bertz CT molecular complexity index is 246. The fourth-order valence-electron chi connectivity index (χ4n) is 3.27. The number of nitrogens with one attached hydrogen (secondary N) is 1. The third-order valence-corrected chi connectivity index (χ3v) is 4.71. The largest absolute Gasteiger partial charge is 0.381 e. The average Bonchev–Trinajstić information content (AvgIpc) is 2.73. The minimum Gasteiger partial charge on any atom is -0.381 e. The van der Waals surface area contributed by atoms with Crippen molar-refractivity contribution in [3.63, 3.8) is 0 Å². The Morgan fingerprint density at radius 3 is 2.88 bits per heavy atom. The van der Waals surface area contributed by atoms with Crippen molar-refractivity contribution >= 4 is 0 Å². The van der Waals surface area contributed by atoms with Crippen LogP contribution in [-0.2, 0) is 4.74 Å². The van der Waals surface area contributed by atoms with Crippen molar-refractivity contribution in [2.75, 3.05) is 26.7 Å². The number of nitrogens with zero attached hydrogens (tertiary/aromatic N) is 1. The summed E-state index contributed by atoms with van der Waals surface area (Å²) in [7, 11) is 1.85. The SMILES string of the molecule is CCC1(C)CN(C2CCC(OC)C2)CCCN1. The highest BCUT2D eigenvalue weighted by Gasteiger charge is 2.34. The molecule has 3 unspecified atom stereocenters. The minimum absolute atomic E-state index is 0.307. The van der Waals surface area contributed by atoms with Gasteiger partial charge in [-0.15, -0.1) is 0 Å². The third-order valence-electron chi connectivity index (χ3n) is 4.71. The van der Waals surface area contributed by atoms with Crippen molar-refractivity contribution in [2.24, 2.45) is 0 Å². The first-order valence-corrected chi connectivity index (χ1v) is 7.19. The minimum atomic E-state index is 0.307. The van der Waals surface area contributed by atoms with E-state index in [2.05, 4.69) is 24.1 Å². The molecule has 0 aromatic carbocycles. The monoisotopic (exact) mass is 240 g/mol. The number of methoxy groups -OCH3 is 1.